The molecule has 0 aromatic carbocycles. The number of esters is 1. The lowest BCUT2D eigenvalue weighted by molar-refractivity contribution is 0.0589. The van der Waals surface area contributed by atoms with Gasteiger partial charge < -0.3 is 24.4 Å². The van der Waals surface area contributed by atoms with Gasteiger partial charge in [0.1, 0.15) is 5.65 Å². The maximum absolute atomic E-state index is 12.8. The van der Waals surface area contributed by atoms with Crippen LogP contribution in [0.4, 0.5) is 11.4 Å². The number of fused-ring (bicyclic) bond motifs is 1. The zero-order valence-electron chi connectivity index (χ0n) is 19.4. The van der Waals surface area contributed by atoms with Crippen molar-refractivity contribution in [2.24, 2.45) is 5.92 Å². The highest BCUT2D eigenvalue weighted by molar-refractivity contribution is 6.14. The van der Waals surface area contributed by atoms with E-state index in [1.807, 2.05) is 10.6 Å². The summed E-state index contributed by atoms with van der Waals surface area (Å²) in [6.45, 7) is 9.06. The molecule has 0 saturated heterocycles. The Labute approximate surface area is 188 Å². The molecule has 3 aromatic heterocycles. The Bertz CT molecular complexity index is 1070. The van der Waals surface area contributed by atoms with Crippen molar-refractivity contribution in [3.8, 4) is 0 Å². The molecule has 0 spiro atoms. The molecular formula is C24H32N4O4. The molecule has 0 atom stereocenters. The van der Waals surface area contributed by atoms with Gasteiger partial charge in [-0.1, -0.05) is 27.7 Å². The molecule has 32 heavy (non-hydrogen) atoms. The number of pyridine rings is 1. The standard InChI is InChI=1S/C24H32N4O4/c1-6-16(7-2)26-17-13-18-20(27-23(29)19-9-8-12-32-19)21(24(30)31-5)28(11-10-15(3)4)22(18)25-14-17/h8-9,12-16,26H,6-7,10-11H2,1-5H3,(H,27,29). The summed E-state index contributed by atoms with van der Waals surface area (Å²) >= 11 is 0. The lowest BCUT2D eigenvalue weighted by Gasteiger charge is -2.16. The van der Waals surface area contributed by atoms with Crippen LogP contribution in [0.25, 0.3) is 11.0 Å². The van der Waals surface area contributed by atoms with E-state index >= 15 is 0 Å². The fourth-order valence-corrected chi connectivity index (χ4v) is 3.66. The number of amides is 1. The number of aromatic nitrogens is 2. The predicted octanol–water partition coefficient (Wildman–Crippen LogP) is 5.31. The number of hydrogen-bond donors (Lipinski definition) is 2. The van der Waals surface area contributed by atoms with Crippen LogP contribution < -0.4 is 10.6 Å². The Balaban J connectivity index is 2.16. The summed E-state index contributed by atoms with van der Waals surface area (Å²) in [5.74, 6) is -0.393. The van der Waals surface area contributed by atoms with Gasteiger partial charge in [-0.15, -0.1) is 0 Å². The van der Waals surface area contributed by atoms with Crippen molar-refractivity contribution >= 4 is 34.3 Å². The fourth-order valence-electron chi connectivity index (χ4n) is 3.66. The smallest absolute Gasteiger partial charge is 0.356 e. The van der Waals surface area contributed by atoms with Gasteiger partial charge >= 0.3 is 5.97 Å². The molecule has 0 radical (unpaired) electrons. The number of carbonyl (C=O) groups is 2. The third-order valence-corrected chi connectivity index (χ3v) is 5.55. The molecule has 172 valence electrons. The molecule has 0 saturated carbocycles. The second kappa shape index (κ2) is 10.3. The van der Waals surface area contributed by atoms with E-state index in [-0.39, 0.29) is 11.5 Å². The van der Waals surface area contributed by atoms with E-state index in [0.29, 0.717) is 35.2 Å². The molecule has 8 heteroatoms. The number of nitrogens with zero attached hydrogens (tertiary/aromatic N) is 2. The van der Waals surface area contributed by atoms with Gasteiger partial charge in [-0.3, -0.25) is 4.79 Å². The van der Waals surface area contributed by atoms with Gasteiger partial charge in [0.05, 0.1) is 30.9 Å². The summed E-state index contributed by atoms with van der Waals surface area (Å²) in [5, 5.41) is 7.02. The SMILES string of the molecule is CCC(CC)Nc1cnc2c(c1)c(NC(=O)c1ccco1)c(C(=O)OC)n2CCC(C)C. The Morgan fingerprint density at radius 3 is 2.59 bits per heavy atom. The van der Waals surface area contributed by atoms with E-state index < -0.39 is 11.9 Å². The molecule has 0 fully saturated rings. The lowest BCUT2D eigenvalue weighted by Crippen LogP contribution is -2.17. The summed E-state index contributed by atoms with van der Waals surface area (Å²) in [7, 11) is 1.33. The van der Waals surface area contributed by atoms with Crippen LogP contribution >= 0.6 is 0 Å². The third-order valence-electron chi connectivity index (χ3n) is 5.55. The zero-order chi connectivity index (χ0) is 23.3. The van der Waals surface area contributed by atoms with Gasteiger partial charge in [0.25, 0.3) is 5.91 Å². The highest BCUT2D eigenvalue weighted by atomic mass is 16.5. The minimum absolute atomic E-state index is 0.156. The number of anilines is 2. The lowest BCUT2D eigenvalue weighted by atomic mass is 10.1. The quantitative estimate of drug-likeness (QED) is 0.414. The minimum atomic E-state index is -0.531. The van der Waals surface area contributed by atoms with Crippen LogP contribution in [-0.4, -0.2) is 34.6 Å². The Morgan fingerprint density at radius 2 is 2.00 bits per heavy atom. The number of rotatable bonds is 10. The second-order valence-corrected chi connectivity index (χ2v) is 8.23. The number of aryl methyl sites for hydroxylation is 1. The fraction of sp³-hybridized carbons (Fsp3) is 0.458. The van der Waals surface area contributed by atoms with Gasteiger partial charge in [-0.05, 0) is 43.4 Å². The molecule has 0 aliphatic rings. The summed E-state index contributed by atoms with van der Waals surface area (Å²) in [6, 6.07) is 5.44. The van der Waals surface area contributed by atoms with Gasteiger partial charge in [-0.2, -0.15) is 0 Å². The summed E-state index contributed by atoms with van der Waals surface area (Å²) in [5.41, 5.74) is 2.10. The highest BCUT2D eigenvalue weighted by Crippen LogP contribution is 2.34. The molecule has 0 aliphatic carbocycles. The van der Waals surface area contributed by atoms with E-state index in [2.05, 4.69) is 43.3 Å². The summed E-state index contributed by atoms with van der Waals surface area (Å²) < 4.78 is 12.1. The number of ether oxygens (including phenoxy) is 1. The topological polar surface area (TPSA) is 98.4 Å². The van der Waals surface area contributed by atoms with Crippen molar-refractivity contribution < 1.29 is 18.7 Å². The van der Waals surface area contributed by atoms with Gasteiger partial charge in [-0.25, -0.2) is 9.78 Å². The molecule has 3 rings (SSSR count). The van der Waals surface area contributed by atoms with Crippen LogP contribution in [0.3, 0.4) is 0 Å². The number of carbonyl (C=O) groups excluding carboxylic acids is 2. The van der Waals surface area contributed by atoms with Crippen molar-refractivity contribution in [3.63, 3.8) is 0 Å². The van der Waals surface area contributed by atoms with Crippen LogP contribution in [-0.2, 0) is 11.3 Å². The van der Waals surface area contributed by atoms with Crippen LogP contribution in [0.5, 0.6) is 0 Å². The van der Waals surface area contributed by atoms with Crippen LogP contribution in [0.15, 0.2) is 35.1 Å². The molecule has 0 aliphatic heterocycles. The number of hydrogen-bond acceptors (Lipinski definition) is 6. The molecule has 2 N–H and O–H groups in total. The Morgan fingerprint density at radius 1 is 1.25 bits per heavy atom. The first kappa shape index (κ1) is 23.4. The minimum Gasteiger partial charge on any atom is -0.464 e. The predicted molar refractivity (Wildman–Crippen MR) is 125 cm³/mol. The summed E-state index contributed by atoms with van der Waals surface area (Å²) in [6.07, 6.45) is 5.99. The third kappa shape index (κ3) is 4.95. The van der Waals surface area contributed by atoms with Crippen LogP contribution in [0, 0.1) is 5.92 Å². The van der Waals surface area contributed by atoms with Crippen LogP contribution in [0.2, 0.25) is 0 Å². The average molecular weight is 441 g/mol. The summed E-state index contributed by atoms with van der Waals surface area (Å²) in [4.78, 5) is 30.3. The van der Waals surface area contributed by atoms with Crippen molar-refractivity contribution in [1.29, 1.82) is 0 Å². The largest absolute Gasteiger partial charge is 0.464 e. The molecule has 0 unspecified atom stereocenters. The van der Waals surface area contributed by atoms with Crippen molar-refractivity contribution in [2.45, 2.75) is 59.5 Å². The van der Waals surface area contributed by atoms with E-state index in [0.717, 1.165) is 24.9 Å². The Kier molecular flexibility index (Phi) is 7.56. The van der Waals surface area contributed by atoms with Gasteiger partial charge in [0.15, 0.2) is 11.5 Å². The highest BCUT2D eigenvalue weighted by Gasteiger charge is 2.27. The molecule has 0 bridgehead atoms. The van der Waals surface area contributed by atoms with E-state index in [9.17, 15) is 9.59 Å². The molecule has 1 amide bonds. The van der Waals surface area contributed by atoms with E-state index in [1.165, 1.54) is 13.4 Å². The zero-order valence-corrected chi connectivity index (χ0v) is 19.4. The normalized spacial score (nSPS) is 11.3. The average Bonchev–Trinajstić information content (AvgIpc) is 3.42. The maximum Gasteiger partial charge on any atom is 0.356 e. The first-order valence-electron chi connectivity index (χ1n) is 11.1. The molecule has 3 heterocycles. The Hall–Kier alpha value is -3.29. The van der Waals surface area contributed by atoms with Gasteiger partial charge in [0, 0.05) is 18.0 Å². The van der Waals surface area contributed by atoms with Crippen molar-refractivity contribution in [3.05, 3.63) is 42.1 Å². The number of nitrogens with one attached hydrogen (secondary N) is 2. The number of methoxy groups -OCH3 is 1. The van der Waals surface area contributed by atoms with E-state index in [1.54, 1.807) is 18.3 Å². The van der Waals surface area contributed by atoms with Gasteiger partial charge in [0.2, 0.25) is 0 Å². The molecule has 3 aromatic rings. The van der Waals surface area contributed by atoms with Crippen molar-refractivity contribution in [1.82, 2.24) is 9.55 Å². The van der Waals surface area contributed by atoms with Crippen LogP contribution in [0.1, 0.15) is 68.0 Å². The number of furan rings is 1. The first-order chi connectivity index (χ1) is 15.4. The first-order valence-corrected chi connectivity index (χ1v) is 11.1. The maximum atomic E-state index is 12.8. The van der Waals surface area contributed by atoms with E-state index in [4.69, 9.17) is 9.15 Å². The molecule has 8 nitrogen and oxygen atoms in total. The molecular weight excluding hydrogens is 408 g/mol. The second-order valence-electron chi connectivity index (χ2n) is 8.23. The van der Waals surface area contributed by atoms with Crippen molar-refractivity contribution in [2.75, 3.05) is 17.7 Å². The monoisotopic (exact) mass is 440 g/mol.